The van der Waals surface area contributed by atoms with Crippen molar-refractivity contribution in [1.82, 2.24) is 20.5 Å². The van der Waals surface area contributed by atoms with Gasteiger partial charge in [0.25, 0.3) is 0 Å². The fraction of sp³-hybridized carbons (Fsp3) is 0.476. The molecule has 3 aliphatic heterocycles. The van der Waals surface area contributed by atoms with Crippen molar-refractivity contribution in [3.8, 4) is 11.5 Å². The third-order valence-electron chi connectivity index (χ3n) is 10.7. The number of aromatic hydroxyl groups is 1. The average molecular weight is 711 g/mol. The number of H-pyrrole nitrogens is 1. The predicted octanol–water partition coefficient (Wildman–Crippen LogP) is 6.88. The third kappa shape index (κ3) is 9.93. The number of rotatable bonds is 18. The van der Waals surface area contributed by atoms with Gasteiger partial charge in [-0.1, -0.05) is 74.6 Å². The van der Waals surface area contributed by atoms with E-state index in [1.54, 1.807) is 12.1 Å². The van der Waals surface area contributed by atoms with E-state index in [1.807, 2.05) is 36.4 Å². The average Bonchev–Trinajstić information content (AvgIpc) is 3.15. The van der Waals surface area contributed by atoms with Crippen LogP contribution in [0.2, 0.25) is 0 Å². The Labute approximate surface area is 306 Å². The highest BCUT2D eigenvalue weighted by Crippen LogP contribution is 2.32. The summed E-state index contributed by atoms with van der Waals surface area (Å²) in [6, 6.07) is 22.1. The van der Waals surface area contributed by atoms with Crippen LogP contribution < -0.4 is 20.9 Å². The Morgan fingerprint density at radius 1 is 0.923 bits per heavy atom. The van der Waals surface area contributed by atoms with Gasteiger partial charge in [-0.3, -0.25) is 9.69 Å². The quantitative estimate of drug-likeness (QED) is 0.0706. The Morgan fingerprint density at radius 2 is 1.69 bits per heavy atom. The SMILES string of the molecule is Cc1ccccc1C(NC(=O)OC1CN2CCC1CC2)c1cccc(OCCCCCCCCCNCC(O)c2ccc(O)c3[nH]c(=O)ccc23)c1. The number of unbranched alkanes of at least 4 members (excludes halogenated alkanes) is 6. The number of phenols is 1. The Hall–Kier alpha value is -4.38. The Balaban J connectivity index is 0.875. The molecule has 4 aromatic rings. The number of aromatic nitrogens is 1. The summed E-state index contributed by atoms with van der Waals surface area (Å²) < 4.78 is 12.2. The number of carbonyl (C=O) groups is 1. The van der Waals surface area contributed by atoms with Gasteiger partial charge in [-0.15, -0.1) is 0 Å². The molecular weight excluding hydrogens is 656 g/mol. The van der Waals surface area contributed by atoms with Crippen molar-refractivity contribution >= 4 is 17.0 Å². The van der Waals surface area contributed by atoms with Crippen LogP contribution in [0.15, 0.2) is 77.6 Å². The highest BCUT2D eigenvalue weighted by molar-refractivity contribution is 5.87. The third-order valence-corrected chi connectivity index (χ3v) is 10.7. The molecule has 3 fully saturated rings. The lowest BCUT2D eigenvalue weighted by molar-refractivity contribution is -0.0336. The lowest BCUT2D eigenvalue weighted by atomic mass is 9.86. The van der Waals surface area contributed by atoms with Gasteiger partial charge in [0.05, 0.1) is 24.3 Å². The van der Waals surface area contributed by atoms with E-state index in [0.29, 0.717) is 35.5 Å². The topological polar surface area (TPSA) is 136 Å². The van der Waals surface area contributed by atoms with Crippen LogP contribution in [0.1, 0.15) is 92.2 Å². The summed E-state index contributed by atoms with van der Waals surface area (Å²) in [5.74, 6) is 1.25. The molecule has 0 aliphatic carbocycles. The number of aliphatic hydroxyl groups excluding tert-OH is 1. The van der Waals surface area contributed by atoms with Crippen LogP contribution in [-0.4, -0.2) is 71.6 Å². The van der Waals surface area contributed by atoms with Crippen LogP contribution >= 0.6 is 0 Å². The van der Waals surface area contributed by atoms with Crippen LogP contribution in [0, 0.1) is 12.8 Å². The molecule has 0 spiro atoms. The zero-order valence-electron chi connectivity index (χ0n) is 30.3. The largest absolute Gasteiger partial charge is 0.506 e. The van der Waals surface area contributed by atoms with Gasteiger partial charge in [0.1, 0.15) is 17.6 Å². The summed E-state index contributed by atoms with van der Waals surface area (Å²) in [6.07, 6.45) is 8.78. The molecule has 3 atom stereocenters. The van der Waals surface area contributed by atoms with E-state index in [9.17, 15) is 19.8 Å². The maximum absolute atomic E-state index is 13.2. The van der Waals surface area contributed by atoms with Gasteiger partial charge in [-0.25, -0.2) is 4.79 Å². The minimum Gasteiger partial charge on any atom is -0.506 e. The molecule has 1 amide bonds. The summed E-state index contributed by atoms with van der Waals surface area (Å²) in [6.45, 7) is 6.97. The number of hydrogen-bond donors (Lipinski definition) is 5. The van der Waals surface area contributed by atoms with Gasteiger partial charge in [0.2, 0.25) is 5.56 Å². The minimum atomic E-state index is -0.742. The molecule has 278 valence electrons. The fourth-order valence-electron chi connectivity index (χ4n) is 7.69. The molecule has 10 heteroatoms. The molecule has 0 radical (unpaired) electrons. The second-order valence-electron chi connectivity index (χ2n) is 14.4. The van der Waals surface area contributed by atoms with Crippen LogP contribution in [0.3, 0.4) is 0 Å². The lowest BCUT2D eigenvalue weighted by Crippen LogP contribution is -2.52. The van der Waals surface area contributed by atoms with Crippen molar-refractivity contribution in [2.45, 2.75) is 83.0 Å². The Kier molecular flexibility index (Phi) is 13.2. The molecule has 7 rings (SSSR count). The molecule has 52 heavy (non-hydrogen) atoms. The van der Waals surface area contributed by atoms with Crippen LogP contribution in [0.5, 0.6) is 11.5 Å². The number of ether oxygens (including phenoxy) is 2. The first kappa shape index (κ1) is 37.4. The van der Waals surface area contributed by atoms with E-state index in [4.69, 9.17) is 9.47 Å². The number of hydrogen-bond acceptors (Lipinski definition) is 8. The number of aliphatic hydroxyl groups is 1. The van der Waals surface area contributed by atoms with Gasteiger partial charge in [0, 0.05) is 24.5 Å². The maximum atomic E-state index is 13.2. The molecule has 3 unspecified atom stereocenters. The number of carbonyl (C=O) groups excluding carboxylic acids is 1. The summed E-state index contributed by atoms with van der Waals surface area (Å²) >= 11 is 0. The molecule has 0 saturated carbocycles. The molecule has 5 N–H and O–H groups in total. The standard InChI is InChI=1S/C42H54N4O6/c1-29-12-7-8-15-33(29)40(45-42(50)52-38-28-46-23-20-30(38)21-24-46)31-13-11-14-32(26-31)51-25-10-6-4-2-3-5-9-22-43-27-37(48)34-16-18-36(47)41-35(34)17-19-39(49)44-41/h7-8,11-19,26,30,37-38,40,43,47-48H,2-6,9-10,20-25,27-28H2,1H3,(H,44,49)(H,45,50). The number of nitrogens with zero attached hydrogens (tertiary/aromatic N) is 1. The zero-order chi connectivity index (χ0) is 36.3. The van der Waals surface area contributed by atoms with Crippen LogP contribution in [0.4, 0.5) is 4.79 Å². The minimum absolute atomic E-state index is 0.00884. The van der Waals surface area contributed by atoms with Crippen molar-refractivity contribution in [1.29, 1.82) is 0 Å². The molecular formula is C42H54N4O6. The van der Waals surface area contributed by atoms with Crippen LogP contribution in [-0.2, 0) is 4.74 Å². The summed E-state index contributed by atoms with van der Waals surface area (Å²) in [4.78, 5) is 29.9. The Morgan fingerprint density at radius 3 is 2.46 bits per heavy atom. The number of aromatic amines is 1. The normalized spacial score (nSPS) is 19.3. The first-order valence-corrected chi connectivity index (χ1v) is 19.1. The zero-order valence-corrected chi connectivity index (χ0v) is 30.3. The van der Waals surface area contributed by atoms with Crippen LogP contribution in [0.25, 0.3) is 10.9 Å². The predicted molar refractivity (Wildman–Crippen MR) is 204 cm³/mol. The molecule has 4 heterocycles. The number of nitrogens with one attached hydrogen (secondary N) is 3. The number of alkyl carbamates (subject to hydrolysis) is 1. The molecule has 2 bridgehead atoms. The number of pyridine rings is 1. The van der Waals surface area contributed by atoms with E-state index in [0.717, 1.165) is 93.6 Å². The first-order chi connectivity index (χ1) is 25.4. The second kappa shape index (κ2) is 18.4. The van der Waals surface area contributed by atoms with Crippen molar-refractivity contribution in [3.05, 3.63) is 105 Å². The van der Waals surface area contributed by atoms with Gasteiger partial charge < -0.3 is 35.3 Å². The highest BCUT2D eigenvalue weighted by atomic mass is 16.6. The fourth-order valence-corrected chi connectivity index (χ4v) is 7.69. The monoisotopic (exact) mass is 710 g/mol. The number of amides is 1. The summed E-state index contributed by atoms with van der Waals surface area (Å²) in [7, 11) is 0. The van der Waals surface area contributed by atoms with Gasteiger partial charge >= 0.3 is 6.09 Å². The summed E-state index contributed by atoms with van der Waals surface area (Å²) in [5.41, 5.74) is 3.85. The van der Waals surface area contributed by atoms with Crippen molar-refractivity contribution in [3.63, 3.8) is 0 Å². The number of phenolic OH excluding ortho intramolecular Hbond substituents is 1. The smallest absolute Gasteiger partial charge is 0.408 e. The maximum Gasteiger partial charge on any atom is 0.408 e. The van der Waals surface area contributed by atoms with Crippen molar-refractivity contribution in [2.24, 2.45) is 5.92 Å². The number of fused-ring (bicyclic) bond motifs is 4. The summed E-state index contributed by atoms with van der Waals surface area (Å²) in [5, 5.41) is 28.0. The van der Waals surface area contributed by atoms with E-state index in [2.05, 4.69) is 39.6 Å². The van der Waals surface area contributed by atoms with E-state index in [1.165, 1.54) is 25.0 Å². The number of piperidine rings is 3. The van der Waals surface area contributed by atoms with Gasteiger partial charge in [-0.2, -0.15) is 0 Å². The molecule has 3 aliphatic rings. The van der Waals surface area contributed by atoms with E-state index < -0.39 is 6.10 Å². The van der Waals surface area contributed by atoms with E-state index in [-0.39, 0.29) is 29.5 Å². The Bertz CT molecular complexity index is 1820. The molecule has 3 saturated heterocycles. The second-order valence-corrected chi connectivity index (χ2v) is 14.4. The number of aryl methyl sites for hydroxylation is 1. The van der Waals surface area contributed by atoms with Crippen molar-refractivity contribution < 1.29 is 24.5 Å². The highest BCUT2D eigenvalue weighted by Gasteiger charge is 2.37. The van der Waals surface area contributed by atoms with Gasteiger partial charge in [0.15, 0.2) is 0 Å². The molecule has 1 aromatic heterocycles. The first-order valence-electron chi connectivity index (χ1n) is 19.1. The molecule has 3 aromatic carbocycles. The molecule has 10 nitrogen and oxygen atoms in total. The van der Waals surface area contributed by atoms with Crippen molar-refractivity contribution in [2.75, 3.05) is 39.3 Å². The van der Waals surface area contributed by atoms with Gasteiger partial charge in [-0.05, 0) is 105 Å². The van der Waals surface area contributed by atoms with E-state index >= 15 is 0 Å². The number of benzene rings is 3. The lowest BCUT2D eigenvalue weighted by Gasteiger charge is -2.43.